The maximum Gasteiger partial charge on any atom is 0.265 e. The largest absolute Gasteiger partial charge is 0.479 e. The van der Waals surface area contributed by atoms with Gasteiger partial charge in [-0.15, -0.1) is 11.3 Å². The molecule has 0 saturated heterocycles. The van der Waals surface area contributed by atoms with Crippen molar-refractivity contribution in [2.45, 2.75) is 26.9 Å². The first-order valence-electron chi connectivity index (χ1n) is 8.88. The summed E-state index contributed by atoms with van der Waals surface area (Å²) < 4.78 is 5.59. The molecule has 28 heavy (non-hydrogen) atoms. The van der Waals surface area contributed by atoms with E-state index in [0.717, 1.165) is 21.7 Å². The summed E-state index contributed by atoms with van der Waals surface area (Å²) in [6.45, 7) is 5.60. The molecule has 0 bridgehead atoms. The summed E-state index contributed by atoms with van der Waals surface area (Å²) in [6, 6.07) is 13.0. The van der Waals surface area contributed by atoms with Crippen molar-refractivity contribution >= 4 is 34.0 Å². The Morgan fingerprint density at radius 1 is 1.21 bits per heavy atom. The van der Waals surface area contributed by atoms with E-state index in [4.69, 9.17) is 4.74 Å². The Hall–Kier alpha value is -3.19. The second kappa shape index (κ2) is 7.09. The number of thiazole rings is 1. The van der Waals surface area contributed by atoms with Gasteiger partial charge in [-0.25, -0.2) is 4.98 Å². The molecule has 3 aromatic rings. The standard InChI is InChI=1S/C21H19N3O3S/c1-11-5-4-6-15(9-11)20(26)24-21-23-18(13(3)28-21)14-7-8-17-16(10-14)22-19(25)12(2)27-17/h4-10,12H,1-3H3,(H,22,25)(H,23,24,26)/t12-/m0/s1. The highest BCUT2D eigenvalue weighted by Crippen LogP contribution is 2.37. The van der Waals surface area contributed by atoms with Gasteiger partial charge in [-0.3, -0.25) is 14.9 Å². The number of anilines is 2. The molecule has 0 aliphatic carbocycles. The third-order valence-electron chi connectivity index (χ3n) is 4.48. The number of carbonyl (C=O) groups is 2. The third-order valence-corrected chi connectivity index (χ3v) is 5.37. The molecule has 1 atom stereocenters. The van der Waals surface area contributed by atoms with E-state index in [2.05, 4.69) is 15.6 Å². The van der Waals surface area contributed by atoms with Gasteiger partial charge < -0.3 is 10.1 Å². The zero-order chi connectivity index (χ0) is 19.8. The minimum absolute atomic E-state index is 0.175. The number of hydrogen-bond acceptors (Lipinski definition) is 5. The number of aromatic nitrogens is 1. The van der Waals surface area contributed by atoms with Crippen LogP contribution in [0.1, 0.15) is 27.7 Å². The number of fused-ring (bicyclic) bond motifs is 1. The molecule has 1 aromatic heterocycles. The van der Waals surface area contributed by atoms with E-state index in [1.165, 1.54) is 11.3 Å². The van der Waals surface area contributed by atoms with Crippen molar-refractivity contribution < 1.29 is 14.3 Å². The zero-order valence-electron chi connectivity index (χ0n) is 15.7. The minimum atomic E-state index is -0.511. The summed E-state index contributed by atoms with van der Waals surface area (Å²) in [6.07, 6.45) is -0.511. The van der Waals surface area contributed by atoms with Gasteiger partial charge in [-0.2, -0.15) is 0 Å². The Kier molecular flexibility index (Phi) is 4.60. The molecule has 2 amide bonds. The van der Waals surface area contributed by atoms with Crippen LogP contribution in [0.5, 0.6) is 5.75 Å². The maximum absolute atomic E-state index is 12.5. The van der Waals surface area contributed by atoms with Crippen LogP contribution in [0.3, 0.4) is 0 Å². The first-order chi connectivity index (χ1) is 13.4. The van der Waals surface area contributed by atoms with Crippen molar-refractivity contribution in [1.29, 1.82) is 0 Å². The van der Waals surface area contributed by atoms with Crippen molar-refractivity contribution in [2.75, 3.05) is 10.6 Å². The van der Waals surface area contributed by atoms with Crippen LogP contribution < -0.4 is 15.4 Å². The van der Waals surface area contributed by atoms with Gasteiger partial charge in [-0.05, 0) is 51.1 Å². The lowest BCUT2D eigenvalue weighted by Gasteiger charge is -2.23. The van der Waals surface area contributed by atoms with Crippen LogP contribution >= 0.6 is 11.3 Å². The summed E-state index contributed by atoms with van der Waals surface area (Å²) in [5.41, 5.74) is 3.86. The SMILES string of the molecule is Cc1cccc(C(=O)Nc2nc(-c3ccc4c(c3)NC(=O)[C@H](C)O4)c(C)s2)c1. The lowest BCUT2D eigenvalue weighted by molar-refractivity contribution is -0.122. The van der Waals surface area contributed by atoms with Crippen LogP contribution in [-0.4, -0.2) is 22.9 Å². The summed E-state index contributed by atoms with van der Waals surface area (Å²) >= 11 is 1.41. The average Bonchev–Trinajstić information content (AvgIpc) is 3.02. The van der Waals surface area contributed by atoms with Gasteiger partial charge in [0.15, 0.2) is 11.2 Å². The van der Waals surface area contributed by atoms with Crippen LogP contribution in [0.15, 0.2) is 42.5 Å². The number of ether oxygens (including phenoxy) is 1. The monoisotopic (exact) mass is 393 g/mol. The summed E-state index contributed by atoms with van der Waals surface area (Å²) in [5.74, 6) is 0.270. The Labute approximate surface area is 166 Å². The van der Waals surface area contributed by atoms with Crippen LogP contribution in [0, 0.1) is 13.8 Å². The van der Waals surface area contributed by atoms with Crippen LogP contribution in [0.25, 0.3) is 11.3 Å². The molecule has 0 unspecified atom stereocenters. The first kappa shape index (κ1) is 18.2. The number of amides is 2. The molecule has 0 radical (unpaired) electrons. The number of carbonyl (C=O) groups excluding carboxylic acids is 2. The van der Waals surface area contributed by atoms with Gasteiger partial charge in [0, 0.05) is 16.0 Å². The average molecular weight is 393 g/mol. The fourth-order valence-corrected chi connectivity index (χ4v) is 3.86. The number of rotatable bonds is 3. The van der Waals surface area contributed by atoms with E-state index in [1.807, 2.05) is 50.2 Å². The van der Waals surface area contributed by atoms with E-state index in [1.54, 1.807) is 13.0 Å². The highest BCUT2D eigenvalue weighted by molar-refractivity contribution is 7.16. The number of aryl methyl sites for hydroxylation is 2. The first-order valence-corrected chi connectivity index (χ1v) is 9.70. The predicted molar refractivity (Wildman–Crippen MR) is 110 cm³/mol. The van der Waals surface area contributed by atoms with E-state index >= 15 is 0 Å². The van der Waals surface area contributed by atoms with Gasteiger partial charge in [0.2, 0.25) is 0 Å². The third kappa shape index (κ3) is 3.48. The van der Waals surface area contributed by atoms with Crippen molar-refractivity contribution in [3.8, 4) is 17.0 Å². The maximum atomic E-state index is 12.5. The summed E-state index contributed by atoms with van der Waals surface area (Å²) in [5, 5.41) is 6.25. The van der Waals surface area contributed by atoms with E-state index in [-0.39, 0.29) is 11.8 Å². The highest BCUT2D eigenvalue weighted by Gasteiger charge is 2.24. The van der Waals surface area contributed by atoms with Gasteiger partial charge in [-0.1, -0.05) is 17.7 Å². The van der Waals surface area contributed by atoms with E-state index in [9.17, 15) is 9.59 Å². The van der Waals surface area contributed by atoms with Crippen LogP contribution in [-0.2, 0) is 4.79 Å². The molecule has 1 aliphatic rings. The molecule has 1 aliphatic heterocycles. The van der Waals surface area contributed by atoms with Crippen molar-refractivity contribution in [3.63, 3.8) is 0 Å². The fourth-order valence-electron chi connectivity index (χ4n) is 3.03. The van der Waals surface area contributed by atoms with E-state index in [0.29, 0.717) is 22.1 Å². The molecule has 2 heterocycles. The molecule has 0 saturated carbocycles. The normalized spacial score (nSPS) is 15.4. The Morgan fingerprint density at radius 3 is 2.82 bits per heavy atom. The molecule has 7 heteroatoms. The summed E-state index contributed by atoms with van der Waals surface area (Å²) in [7, 11) is 0. The van der Waals surface area contributed by atoms with Crippen molar-refractivity contribution in [3.05, 3.63) is 58.5 Å². The number of nitrogens with one attached hydrogen (secondary N) is 2. The van der Waals surface area contributed by atoms with Gasteiger partial charge in [0.05, 0.1) is 11.4 Å². The molecule has 4 rings (SSSR count). The highest BCUT2D eigenvalue weighted by atomic mass is 32.1. The molecule has 2 N–H and O–H groups in total. The molecule has 2 aromatic carbocycles. The zero-order valence-corrected chi connectivity index (χ0v) is 16.5. The Balaban J connectivity index is 1.59. The molecule has 0 spiro atoms. The van der Waals surface area contributed by atoms with E-state index < -0.39 is 6.10 Å². The van der Waals surface area contributed by atoms with Crippen LogP contribution in [0.2, 0.25) is 0 Å². The predicted octanol–water partition coefficient (Wildman–Crippen LogP) is 4.40. The minimum Gasteiger partial charge on any atom is -0.479 e. The van der Waals surface area contributed by atoms with Gasteiger partial charge in [0.1, 0.15) is 5.75 Å². The second-order valence-electron chi connectivity index (χ2n) is 6.71. The summed E-state index contributed by atoms with van der Waals surface area (Å²) in [4.78, 5) is 29.9. The fraction of sp³-hybridized carbons (Fsp3) is 0.190. The Morgan fingerprint density at radius 2 is 2.04 bits per heavy atom. The van der Waals surface area contributed by atoms with Gasteiger partial charge in [0.25, 0.3) is 11.8 Å². The quantitative estimate of drug-likeness (QED) is 0.691. The number of nitrogens with zero attached hydrogens (tertiary/aromatic N) is 1. The van der Waals surface area contributed by atoms with Crippen LogP contribution in [0.4, 0.5) is 10.8 Å². The second-order valence-corrected chi connectivity index (χ2v) is 7.91. The molecular weight excluding hydrogens is 374 g/mol. The lowest BCUT2D eigenvalue weighted by Crippen LogP contribution is -2.34. The number of hydrogen-bond donors (Lipinski definition) is 2. The molecule has 0 fully saturated rings. The lowest BCUT2D eigenvalue weighted by atomic mass is 10.1. The number of benzene rings is 2. The smallest absolute Gasteiger partial charge is 0.265 e. The molecule has 142 valence electrons. The van der Waals surface area contributed by atoms with Gasteiger partial charge >= 0.3 is 0 Å². The molecular formula is C21H19N3O3S. The van der Waals surface area contributed by atoms with Crippen molar-refractivity contribution in [2.24, 2.45) is 0 Å². The molecule has 6 nitrogen and oxygen atoms in total. The van der Waals surface area contributed by atoms with Crippen molar-refractivity contribution in [1.82, 2.24) is 4.98 Å². The topological polar surface area (TPSA) is 80.3 Å². The Bertz CT molecular complexity index is 1090.